The smallest absolute Gasteiger partial charge is 0.190 e. The first-order chi connectivity index (χ1) is 9.05. The number of aliphatic hydroxyl groups excluding tert-OH is 1. The standard InChI is InChI=1S/C14H18O4S/c1-14(2)17-12-11(15)10(16-13(12)18-14)8-19-9-6-4-3-5-7-9/h3-7,10-13,15H,8H2,1-2H3/t10-,11+,12-,13-/m1/s1. The summed E-state index contributed by atoms with van der Waals surface area (Å²) in [6.45, 7) is 3.66. The molecule has 2 aliphatic heterocycles. The number of hydrogen-bond acceptors (Lipinski definition) is 5. The summed E-state index contributed by atoms with van der Waals surface area (Å²) in [7, 11) is 0. The molecule has 1 aromatic carbocycles. The van der Waals surface area contributed by atoms with Crippen LogP contribution in [0.1, 0.15) is 13.8 Å². The normalized spacial score (nSPS) is 36.4. The van der Waals surface area contributed by atoms with Crippen LogP contribution < -0.4 is 0 Å². The fourth-order valence-electron chi connectivity index (χ4n) is 2.39. The van der Waals surface area contributed by atoms with Crippen molar-refractivity contribution in [3.8, 4) is 0 Å². The summed E-state index contributed by atoms with van der Waals surface area (Å²) < 4.78 is 17.0. The van der Waals surface area contributed by atoms with Gasteiger partial charge >= 0.3 is 0 Å². The molecule has 5 heteroatoms. The fraction of sp³-hybridized carbons (Fsp3) is 0.571. The maximum absolute atomic E-state index is 10.2. The Bertz CT molecular complexity index is 436. The molecule has 0 aliphatic carbocycles. The highest BCUT2D eigenvalue weighted by Gasteiger charge is 2.54. The average Bonchev–Trinajstić information content (AvgIpc) is 2.83. The topological polar surface area (TPSA) is 47.9 Å². The first kappa shape index (κ1) is 13.4. The largest absolute Gasteiger partial charge is 0.387 e. The van der Waals surface area contributed by atoms with Gasteiger partial charge in [0.05, 0.1) is 6.10 Å². The molecular formula is C14H18O4S. The molecule has 19 heavy (non-hydrogen) atoms. The van der Waals surface area contributed by atoms with Gasteiger partial charge in [-0.2, -0.15) is 0 Å². The number of hydrogen-bond donors (Lipinski definition) is 1. The highest BCUT2D eigenvalue weighted by atomic mass is 32.2. The Morgan fingerprint density at radius 2 is 1.95 bits per heavy atom. The van der Waals surface area contributed by atoms with Crippen molar-refractivity contribution in [2.75, 3.05) is 5.75 Å². The van der Waals surface area contributed by atoms with Crippen LogP contribution in [0.5, 0.6) is 0 Å². The third kappa shape index (κ3) is 2.80. The lowest BCUT2D eigenvalue weighted by Crippen LogP contribution is -2.35. The van der Waals surface area contributed by atoms with Crippen LogP contribution in [0, 0.1) is 0 Å². The van der Waals surface area contributed by atoms with Gasteiger partial charge in [0.2, 0.25) is 0 Å². The van der Waals surface area contributed by atoms with Crippen molar-refractivity contribution in [2.45, 2.75) is 49.1 Å². The fourth-order valence-corrected chi connectivity index (χ4v) is 3.37. The third-order valence-corrected chi connectivity index (χ3v) is 4.37. The molecule has 0 aromatic heterocycles. The van der Waals surface area contributed by atoms with Crippen LogP contribution in [0.15, 0.2) is 35.2 Å². The summed E-state index contributed by atoms with van der Waals surface area (Å²) in [5, 5.41) is 10.2. The van der Waals surface area contributed by atoms with Gasteiger partial charge in [-0.1, -0.05) is 18.2 Å². The Morgan fingerprint density at radius 3 is 2.63 bits per heavy atom. The van der Waals surface area contributed by atoms with Gasteiger partial charge in [-0.05, 0) is 26.0 Å². The molecule has 104 valence electrons. The van der Waals surface area contributed by atoms with Crippen LogP contribution in [0.4, 0.5) is 0 Å². The monoisotopic (exact) mass is 282 g/mol. The number of rotatable bonds is 3. The minimum absolute atomic E-state index is 0.253. The Balaban J connectivity index is 1.57. The number of fused-ring (bicyclic) bond motifs is 1. The zero-order valence-corrected chi connectivity index (χ0v) is 11.8. The van der Waals surface area contributed by atoms with E-state index in [1.807, 2.05) is 44.2 Å². The molecule has 2 fully saturated rings. The first-order valence-electron chi connectivity index (χ1n) is 6.42. The van der Waals surface area contributed by atoms with E-state index in [-0.39, 0.29) is 12.2 Å². The molecule has 3 rings (SSSR count). The second-order valence-electron chi connectivity index (χ2n) is 5.26. The molecule has 0 unspecified atom stereocenters. The quantitative estimate of drug-likeness (QED) is 0.859. The van der Waals surface area contributed by atoms with E-state index < -0.39 is 18.2 Å². The number of ether oxygens (including phenoxy) is 3. The number of thioether (sulfide) groups is 1. The van der Waals surface area contributed by atoms with Crippen molar-refractivity contribution in [3.63, 3.8) is 0 Å². The highest BCUT2D eigenvalue weighted by Crippen LogP contribution is 2.38. The van der Waals surface area contributed by atoms with Crippen molar-refractivity contribution in [1.82, 2.24) is 0 Å². The summed E-state index contributed by atoms with van der Waals surface area (Å²) in [5.74, 6) is 0.0131. The van der Waals surface area contributed by atoms with E-state index in [9.17, 15) is 5.11 Å². The van der Waals surface area contributed by atoms with Crippen molar-refractivity contribution in [2.24, 2.45) is 0 Å². The molecule has 0 saturated carbocycles. The van der Waals surface area contributed by atoms with Crippen molar-refractivity contribution in [1.29, 1.82) is 0 Å². The van der Waals surface area contributed by atoms with E-state index >= 15 is 0 Å². The van der Waals surface area contributed by atoms with Gasteiger partial charge < -0.3 is 19.3 Å². The second kappa shape index (κ2) is 5.07. The Morgan fingerprint density at radius 1 is 1.21 bits per heavy atom. The SMILES string of the molecule is CC1(C)O[C@H]2O[C@H](CSc3ccccc3)[C@H](O)[C@H]2O1. The van der Waals surface area contributed by atoms with Gasteiger partial charge in [0.15, 0.2) is 12.1 Å². The summed E-state index contributed by atoms with van der Waals surface area (Å²) in [6.07, 6.45) is -1.72. The van der Waals surface area contributed by atoms with E-state index in [2.05, 4.69) is 0 Å². The van der Waals surface area contributed by atoms with Gasteiger partial charge in [0, 0.05) is 10.6 Å². The van der Waals surface area contributed by atoms with Crippen LogP contribution in [0.25, 0.3) is 0 Å². The number of benzene rings is 1. The van der Waals surface area contributed by atoms with E-state index in [1.165, 1.54) is 0 Å². The highest BCUT2D eigenvalue weighted by molar-refractivity contribution is 7.99. The third-order valence-electron chi connectivity index (χ3n) is 3.27. The van der Waals surface area contributed by atoms with Gasteiger partial charge in [-0.15, -0.1) is 11.8 Å². The van der Waals surface area contributed by atoms with Crippen LogP contribution in [-0.4, -0.2) is 41.2 Å². The van der Waals surface area contributed by atoms with Crippen molar-refractivity contribution in [3.05, 3.63) is 30.3 Å². The van der Waals surface area contributed by atoms with Gasteiger partial charge in [0.1, 0.15) is 12.2 Å². The van der Waals surface area contributed by atoms with E-state index in [0.717, 1.165) is 4.90 Å². The van der Waals surface area contributed by atoms with Crippen LogP contribution in [0.2, 0.25) is 0 Å². The second-order valence-corrected chi connectivity index (χ2v) is 6.35. The zero-order chi connectivity index (χ0) is 13.5. The molecule has 0 radical (unpaired) electrons. The lowest BCUT2D eigenvalue weighted by Gasteiger charge is -2.22. The van der Waals surface area contributed by atoms with Gasteiger partial charge in [-0.25, -0.2) is 0 Å². The Kier molecular flexibility index (Phi) is 3.57. The summed E-state index contributed by atoms with van der Waals surface area (Å²) in [6, 6.07) is 10.1. The summed E-state index contributed by atoms with van der Waals surface area (Å²) in [4.78, 5) is 1.16. The molecule has 2 aliphatic rings. The maximum Gasteiger partial charge on any atom is 0.190 e. The molecule has 1 aromatic rings. The maximum atomic E-state index is 10.2. The lowest BCUT2D eigenvalue weighted by atomic mass is 10.1. The van der Waals surface area contributed by atoms with E-state index in [1.54, 1.807) is 11.8 Å². The van der Waals surface area contributed by atoms with Crippen molar-refractivity contribution >= 4 is 11.8 Å². The van der Waals surface area contributed by atoms with Gasteiger partial charge in [-0.3, -0.25) is 0 Å². The van der Waals surface area contributed by atoms with Crippen LogP contribution in [-0.2, 0) is 14.2 Å². The molecule has 0 spiro atoms. The minimum atomic E-state index is -0.673. The molecule has 0 amide bonds. The first-order valence-corrected chi connectivity index (χ1v) is 7.41. The zero-order valence-electron chi connectivity index (χ0n) is 11.0. The Hall–Kier alpha value is -0.590. The Labute approximate surface area is 117 Å². The van der Waals surface area contributed by atoms with Crippen LogP contribution >= 0.6 is 11.8 Å². The van der Waals surface area contributed by atoms with Crippen molar-refractivity contribution < 1.29 is 19.3 Å². The molecule has 0 bridgehead atoms. The van der Waals surface area contributed by atoms with Gasteiger partial charge in [0.25, 0.3) is 0 Å². The van der Waals surface area contributed by atoms with Crippen LogP contribution in [0.3, 0.4) is 0 Å². The summed E-state index contributed by atoms with van der Waals surface area (Å²) in [5.41, 5.74) is 0. The minimum Gasteiger partial charge on any atom is -0.387 e. The lowest BCUT2D eigenvalue weighted by molar-refractivity contribution is -0.211. The molecule has 4 nitrogen and oxygen atoms in total. The molecule has 2 saturated heterocycles. The van der Waals surface area contributed by atoms with E-state index in [0.29, 0.717) is 5.75 Å². The predicted molar refractivity (Wildman–Crippen MR) is 71.9 cm³/mol. The summed E-state index contributed by atoms with van der Waals surface area (Å²) >= 11 is 1.66. The number of aliphatic hydroxyl groups is 1. The molecule has 1 N–H and O–H groups in total. The molecular weight excluding hydrogens is 264 g/mol. The average molecular weight is 282 g/mol. The van der Waals surface area contributed by atoms with E-state index in [4.69, 9.17) is 14.2 Å². The predicted octanol–water partition coefficient (Wildman–Crippen LogP) is 2.02. The molecule has 2 heterocycles. The molecule has 4 atom stereocenters.